The number of aromatic amines is 1. The summed E-state index contributed by atoms with van der Waals surface area (Å²) in [6.07, 6.45) is 20.5. The molecule has 0 spiro atoms. The fourth-order valence-electron chi connectivity index (χ4n) is 4.43. The summed E-state index contributed by atoms with van der Waals surface area (Å²) in [6.45, 7) is 4.32. The fourth-order valence-corrected chi connectivity index (χ4v) is 4.43. The first-order valence-corrected chi connectivity index (χ1v) is 11.8. The maximum Gasteiger partial charge on any atom is 0.163 e. The monoisotopic (exact) mass is 401 g/mol. The summed E-state index contributed by atoms with van der Waals surface area (Å²) in [5.74, 6) is 0.729. The van der Waals surface area contributed by atoms with Gasteiger partial charge in [0, 0.05) is 30.6 Å². The molecule has 2 N–H and O–H groups in total. The number of nitrogens with one attached hydrogen (secondary N) is 2. The molecule has 2 aromatic rings. The molecule has 0 unspecified atom stereocenters. The maximum absolute atomic E-state index is 4.81. The third-order valence-corrected chi connectivity index (χ3v) is 6.16. The Labute approximate surface area is 175 Å². The molecular formula is C23H39N5O. The van der Waals surface area contributed by atoms with Crippen molar-refractivity contribution in [1.82, 2.24) is 25.8 Å². The zero-order valence-corrected chi connectivity index (χ0v) is 18.2. The molecule has 2 aliphatic rings. The van der Waals surface area contributed by atoms with Crippen molar-refractivity contribution in [2.45, 2.75) is 96.4 Å². The first kappa shape index (κ1) is 22.0. The molecule has 1 saturated carbocycles. The van der Waals surface area contributed by atoms with Gasteiger partial charge in [0.25, 0.3) is 0 Å². The predicted octanol–water partition coefficient (Wildman–Crippen LogP) is 5.63. The Morgan fingerprint density at radius 2 is 1.62 bits per heavy atom. The van der Waals surface area contributed by atoms with Crippen molar-refractivity contribution in [1.29, 1.82) is 0 Å². The van der Waals surface area contributed by atoms with E-state index in [4.69, 9.17) is 4.52 Å². The smallest absolute Gasteiger partial charge is 0.163 e. The highest BCUT2D eigenvalue weighted by atomic mass is 16.5. The third-order valence-electron chi connectivity index (χ3n) is 6.16. The van der Waals surface area contributed by atoms with Crippen molar-refractivity contribution in [2.24, 2.45) is 0 Å². The Morgan fingerprint density at radius 3 is 2.28 bits per heavy atom. The molecule has 0 radical (unpaired) electrons. The van der Waals surface area contributed by atoms with Gasteiger partial charge in [-0.05, 0) is 44.7 Å². The molecule has 1 aliphatic carbocycles. The summed E-state index contributed by atoms with van der Waals surface area (Å²) < 4.78 is 4.81. The first-order valence-electron chi connectivity index (χ1n) is 11.8. The van der Waals surface area contributed by atoms with Crippen LogP contribution in [0.3, 0.4) is 0 Å². The Balaban J connectivity index is 0.000000186. The van der Waals surface area contributed by atoms with Gasteiger partial charge >= 0.3 is 0 Å². The van der Waals surface area contributed by atoms with Crippen molar-refractivity contribution in [3.8, 4) is 11.4 Å². The minimum atomic E-state index is 0.729. The number of aromatic nitrogens is 3. The largest absolute Gasteiger partial charge is 0.360 e. The van der Waals surface area contributed by atoms with Crippen molar-refractivity contribution >= 4 is 0 Å². The van der Waals surface area contributed by atoms with E-state index in [0.717, 1.165) is 23.2 Å². The Morgan fingerprint density at radius 1 is 0.931 bits per heavy atom. The Kier molecular flexibility index (Phi) is 9.73. The van der Waals surface area contributed by atoms with Gasteiger partial charge in [-0.2, -0.15) is 0 Å². The molecule has 3 heterocycles. The molecule has 0 amide bonds. The highest BCUT2D eigenvalue weighted by molar-refractivity contribution is 5.54. The van der Waals surface area contributed by atoms with Gasteiger partial charge in [0.15, 0.2) is 11.5 Å². The summed E-state index contributed by atoms with van der Waals surface area (Å²) in [6, 6.07) is 4.65. The van der Waals surface area contributed by atoms with Crippen molar-refractivity contribution in [3.05, 3.63) is 24.1 Å². The topological polar surface area (TPSA) is 70.0 Å². The molecule has 0 bridgehead atoms. The molecule has 0 atom stereocenters. The predicted molar refractivity (Wildman–Crippen MR) is 117 cm³/mol. The van der Waals surface area contributed by atoms with Gasteiger partial charge < -0.3 is 9.51 Å². The van der Waals surface area contributed by atoms with E-state index in [0.29, 0.717) is 0 Å². The van der Waals surface area contributed by atoms with E-state index >= 15 is 0 Å². The third kappa shape index (κ3) is 7.59. The minimum Gasteiger partial charge on any atom is -0.360 e. The van der Waals surface area contributed by atoms with Crippen LogP contribution in [0.5, 0.6) is 0 Å². The van der Waals surface area contributed by atoms with Crippen LogP contribution in [0.25, 0.3) is 11.4 Å². The minimum absolute atomic E-state index is 0.729. The number of hydrazine groups is 1. The van der Waals surface area contributed by atoms with Crippen LogP contribution in [-0.2, 0) is 0 Å². The van der Waals surface area contributed by atoms with Crippen LogP contribution in [0.4, 0.5) is 0 Å². The summed E-state index contributed by atoms with van der Waals surface area (Å²) >= 11 is 0. The van der Waals surface area contributed by atoms with Crippen molar-refractivity contribution < 1.29 is 4.52 Å². The summed E-state index contributed by atoms with van der Waals surface area (Å²) in [5, 5.41) is 9.86. The lowest BCUT2D eigenvalue weighted by atomic mass is 10.0. The zero-order chi connectivity index (χ0) is 20.2. The second-order valence-electron chi connectivity index (χ2n) is 8.48. The van der Waals surface area contributed by atoms with Gasteiger partial charge in [-0.25, -0.2) is 5.01 Å². The van der Waals surface area contributed by atoms with E-state index in [9.17, 15) is 0 Å². The molecule has 162 valence electrons. The van der Waals surface area contributed by atoms with Gasteiger partial charge in [-0.3, -0.25) is 5.43 Å². The molecule has 29 heavy (non-hydrogen) atoms. The molecule has 1 aliphatic heterocycles. The second-order valence-corrected chi connectivity index (χ2v) is 8.48. The average molecular weight is 402 g/mol. The molecule has 0 aromatic carbocycles. The summed E-state index contributed by atoms with van der Waals surface area (Å²) in [5.41, 5.74) is 5.44. The lowest BCUT2D eigenvalue weighted by Gasteiger charge is -2.32. The maximum atomic E-state index is 4.81. The zero-order valence-electron chi connectivity index (χ0n) is 18.2. The van der Waals surface area contributed by atoms with Gasteiger partial charge in [0.05, 0.1) is 5.69 Å². The highest BCUT2D eigenvalue weighted by Gasteiger charge is 2.18. The number of hydrogen-bond acceptors (Lipinski definition) is 5. The van der Waals surface area contributed by atoms with Crippen LogP contribution in [0, 0.1) is 6.92 Å². The number of nitrogens with zero attached hydrogens (tertiary/aromatic N) is 3. The number of aryl methyl sites for hydroxylation is 1. The van der Waals surface area contributed by atoms with E-state index in [2.05, 4.69) is 25.8 Å². The van der Waals surface area contributed by atoms with Gasteiger partial charge in [0.1, 0.15) is 0 Å². The standard InChI is InChI=1S/C16H32N2.C7H7N3O/c1-2-5-9-13-16(12-8-4-1)18-15-11-7-3-6-10-14-17-18;1-5-7(9-10-11-5)6-3-2-4-8-6/h16-17H,1-15H2;2-4,8H,1H3. The van der Waals surface area contributed by atoms with Crippen LogP contribution in [-0.4, -0.2) is 39.5 Å². The molecule has 2 aromatic heterocycles. The lowest BCUT2D eigenvalue weighted by Crippen LogP contribution is -2.46. The summed E-state index contributed by atoms with van der Waals surface area (Å²) in [4.78, 5) is 3.02. The van der Waals surface area contributed by atoms with Crippen molar-refractivity contribution in [2.75, 3.05) is 13.1 Å². The number of H-pyrrole nitrogens is 1. The molecule has 1 saturated heterocycles. The molecule has 4 rings (SSSR count). The Hall–Kier alpha value is -1.66. The van der Waals surface area contributed by atoms with Crippen LogP contribution in [0.15, 0.2) is 22.9 Å². The van der Waals surface area contributed by atoms with Gasteiger partial charge in [0.2, 0.25) is 0 Å². The second kappa shape index (κ2) is 12.8. The van der Waals surface area contributed by atoms with Crippen LogP contribution in [0.1, 0.15) is 89.2 Å². The van der Waals surface area contributed by atoms with Gasteiger partial charge in [-0.15, -0.1) is 5.10 Å². The number of hydrogen-bond donors (Lipinski definition) is 2. The van der Waals surface area contributed by atoms with E-state index in [1.165, 1.54) is 96.6 Å². The first-order chi connectivity index (χ1) is 14.3. The Bertz CT molecular complexity index is 612. The SMILES string of the molecule is C1CCCCC(N2CCCCCCCN2)CCC1.Cc1onnc1-c1ccc[nH]1. The average Bonchev–Trinajstić information content (AvgIpc) is 3.43. The molecule has 2 fully saturated rings. The van der Waals surface area contributed by atoms with E-state index in [1.807, 2.05) is 25.3 Å². The van der Waals surface area contributed by atoms with Crippen molar-refractivity contribution in [3.63, 3.8) is 0 Å². The van der Waals surface area contributed by atoms with Crippen LogP contribution in [0.2, 0.25) is 0 Å². The molecule has 6 heteroatoms. The quantitative estimate of drug-likeness (QED) is 0.682. The molecule has 6 nitrogen and oxygen atoms in total. The van der Waals surface area contributed by atoms with E-state index < -0.39 is 0 Å². The van der Waals surface area contributed by atoms with E-state index in [-0.39, 0.29) is 0 Å². The highest BCUT2D eigenvalue weighted by Crippen LogP contribution is 2.21. The van der Waals surface area contributed by atoms with E-state index in [1.54, 1.807) is 0 Å². The van der Waals surface area contributed by atoms with Crippen LogP contribution >= 0.6 is 0 Å². The fraction of sp³-hybridized carbons (Fsp3) is 0.739. The summed E-state index contributed by atoms with van der Waals surface area (Å²) in [7, 11) is 0. The molecular weight excluding hydrogens is 362 g/mol. The van der Waals surface area contributed by atoms with Crippen LogP contribution < -0.4 is 5.43 Å². The number of rotatable bonds is 2. The lowest BCUT2D eigenvalue weighted by molar-refractivity contribution is 0.107. The normalized spacial score (nSPS) is 20.9. The van der Waals surface area contributed by atoms with Gasteiger partial charge in [-0.1, -0.05) is 57.8 Å².